The number of hydrogen-bond donors (Lipinski definition) is 3. The summed E-state index contributed by atoms with van der Waals surface area (Å²) in [5.74, 6) is 1.78. The van der Waals surface area contributed by atoms with E-state index in [1.165, 1.54) is 5.57 Å². The third-order valence-corrected chi connectivity index (χ3v) is 5.73. The summed E-state index contributed by atoms with van der Waals surface area (Å²) in [7, 11) is 0. The lowest BCUT2D eigenvalue weighted by Crippen LogP contribution is -2.28. The zero-order valence-corrected chi connectivity index (χ0v) is 19.3. The molecule has 1 aliphatic carbocycles. The van der Waals surface area contributed by atoms with E-state index < -0.39 is 0 Å². The number of ether oxygens (including phenoxy) is 1. The number of aromatic amines is 1. The monoisotopic (exact) mass is 466 g/mol. The van der Waals surface area contributed by atoms with Crippen molar-refractivity contribution >= 4 is 34.2 Å². The molecule has 5 rings (SSSR count). The molecule has 2 aliphatic rings. The quantitative estimate of drug-likeness (QED) is 0.446. The summed E-state index contributed by atoms with van der Waals surface area (Å²) in [6.45, 7) is 3.92. The van der Waals surface area contributed by atoms with E-state index in [2.05, 4.69) is 39.6 Å². The maximum atomic E-state index is 11.9. The Kier molecular flexibility index (Phi) is 6.52. The number of nitrogens with one attached hydrogen (secondary N) is 3. The van der Waals surface area contributed by atoms with Crippen molar-refractivity contribution in [1.29, 1.82) is 0 Å². The molecule has 2 aromatic carbocycles. The largest absolute Gasteiger partial charge is 0.484 e. The molecule has 0 fully saturated rings. The second-order valence-corrected chi connectivity index (χ2v) is 8.31. The van der Waals surface area contributed by atoms with Crippen LogP contribution in [0.2, 0.25) is 0 Å². The average molecular weight is 467 g/mol. The lowest BCUT2D eigenvalue weighted by atomic mass is 9.99. The molecule has 0 saturated heterocycles. The number of H-pyrrole nitrogens is 1. The van der Waals surface area contributed by atoms with Gasteiger partial charge in [-0.05, 0) is 54.8 Å². The summed E-state index contributed by atoms with van der Waals surface area (Å²) in [6.07, 6.45) is 10.3. The summed E-state index contributed by atoms with van der Waals surface area (Å²) in [5.41, 5.74) is 4.94. The van der Waals surface area contributed by atoms with Gasteiger partial charge in [0.2, 0.25) is 0 Å². The minimum Gasteiger partial charge on any atom is -0.484 e. The second kappa shape index (κ2) is 10.2. The van der Waals surface area contributed by atoms with Crippen molar-refractivity contribution in [3.8, 4) is 5.75 Å². The zero-order valence-electron chi connectivity index (χ0n) is 19.3. The van der Waals surface area contributed by atoms with Crippen LogP contribution in [0.3, 0.4) is 0 Å². The molecule has 8 nitrogen and oxygen atoms in total. The molecule has 1 amide bonds. The minimum absolute atomic E-state index is 0.0750. The van der Waals surface area contributed by atoms with E-state index in [1.54, 1.807) is 12.3 Å². The molecule has 1 aliphatic heterocycles. The van der Waals surface area contributed by atoms with Crippen molar-refractivity contribution in [1.82, 2.24) is 15.5 Å². The van der Waals surface area contributed by atoms with Crippen molar-refractivity contribution in [3.05, 3.63) is 90.3 Å². The molecule has 3 aromatic rings. The predicted molar refractivity (Wildman–Crippen MR) is 139 cm³/mol. The normalized spacial score (nSPS) is 15.1. The Balaban J connectivity index is 1.42. The molecule has 2 heterocycles. The molecule has 0 atom stereocenters. The van der Waals surface area contributed by atoms with Gasteiger partial charge < -0.3 is 15.4 Å². The number of carbonyl (C=O) groups excluding carboxylic acids is 1. The highest BCUT2D eigenvalue weighted by atomic mass is 16.5. The second-order valence-electron chi connectivity index (χ2n) is 8.31. The number of hydrogen-bond acceptors (Lipinski definition) is 6. The van der Waals surface area contributed by atoms with E-state index in [9.17, 15) is 4.79 Å². The molecule has 176 valence electrons. The molecule has 0 unspecified atom stereocenters. The standard InChI is InChI=1S/C27H26N6O2/c1-2-12-28-26(34)17-35-22-8-5-7-19(14-22)27-31-23-9-4-3-6-18(23)15-25(32-27)30-21-10-11-24-20(13-21)16-29-33-24/h2,4-5,7-11,13-14,16H,1,3,6,12,15,17H2,(H,28,34)(H,29,33)(H,30,31,32). The van der Waals surface area contributed by atoms with Gasteiger partial charge in [0.25, 0.3) is 5.91 Å². The average Bonchev–Trinajstić information content (AvgIpc) is 3.26. The van der Waals surface area contributed by atoms with Crippen LogP contribution in [-0.4, -0.2) is 40.9 Å². The first-order valence-electron chi connectivity index (χ1n) is 11.5. The predicted octanol–water partition coefficient (Wildman–Crippen LogP) is 4.51. The van der Waals surface area contributed by atoms with Gasteiger partial charge in [-0.3, -0.25) is 9.89 Å². The molecule has 0 saturated carbocycles. The highest BCUT2D eigenvalue weighted by molar-refractivity contribution is 6.12. The number of rotatable bonds is 7. The van der Waals surface area contributed by atoms with E-state index in [1.807, 2.05) is 42.5 Å². The van der Waals surface area contributed by atoms with Crippen molar-refractivity contribution in [2.45, 2.75) is 19.3 Å². The number of nitrogens with zero attached hydrogens (tertiary/aromatic N) is 3. The topological polar surface area (TPSA) is 104 Å². The first-order valence-corrected chi connectivity index (χ1v) is 11.5. The van der Waals surface area contributed by atoms with Crippen molar-refractivity contribution in [2.75, 3.05) is 18.5 Å². The van der Waals surface area contributed by atoms with Crippen LogP contribution in [0.25, 0.3) is 10.9 Å². The van der Waals surface area contributed by atoms with Gasteiger partial charge in [0.1, 0.15) is 11.6 Å². The number of amides is 1. The number of fused-ring (bicyclic) bond motifs is 1. The van der Waals surface area contributed by atoms with Gasteiger partial charge in [0.15, 0.2) is 12.4 Å². The Morgan fingerprint density at radius 3 is 3.06 bits per heavy atom. The number of aromatic nitrogens is 2. The maximum absolute atomic E-state index is 11.9. The Morgan fingerprint density at radius 1 is 1.20 bits per heavy atom. The third kappa shape index (κ3) is 5.38. The van der Waals surface area contributed by atoms with Gasteiger partial charge in [-0.1, -0.05) is 24.3 Å². The summed E-state index contributed by atoms with van der Waals surface area (Å²) in [4.78, 5) is 21.7. The van der Waals surface area contributed by atoms with Crippen LogP contribution < -0.4 is 15.4 Å². The summed E-state index contributed by atoms with van der Waals surface area (Å²) in [6, 6.07) is 13.5. The summed E-state index contributed by atoms with van der Waals surface area (Å²) in [5, 5.41) is 14.3. The third-order valence-electron chi connectivity index (χ3n) is 5.73. The lowest BCUT2D eigenvalue weighted by molar-refractivity contribution is -0.122. The van der Waals surface area contributed by atoms with Crippen LogP contribution in [0.15, 0.2) is 94.7 Å². The Morgan fingerprint density at radius 2 is 2.14 bits per heavy atom. The van der Waals surface area contributed by atoms with E-state index in [0.29, 0.717) is 24.6 Å². The fourth-order valence-electron chi connectivity index (χ4n) is 4.00. The SMILES string of the molecule is C=CCNC(=O)COc1cccc(C2=NC3=C(CCC=C3)CC(Nc3ccc4[nH]ncc4c3)=N2)c1. The zero-order chi connectivity index (χ0) is 24.0. The first-order chi connectivity index (χ1) is 17.2. The van der Waals surface area contributed by atoms with Gasteiger partial charge in [-0.15, -0.1) is 6.58 Å². The number of aliphatic imine (C=N–C) groups is 2. The number of allylic oxidation sites excluding steroid dienone is 2. The molecule has 0 bridgehead atoms. The van der Waals surface area contributed by atoms with Crippen LogP contribution in [0, 0.1) is 0 Å². The van der Waals surface area contributed by atoms with Gasteiger partial charge in [-0.2, -0.15) is 5.10 Å². The Labute approximate surface area is 203 Å². The van der Waals surface area contributed by atoms with Crippen molar-refractivity contribution in [3.63, 3.8) is 0 Å². The van der Waals surface area contributed by atoms with Crippen LogP contribution in [0.5, 0.6) is 5.75 Å². The van der Waals surface area contributed by atoms with Crippen LogP contribution in [0.4, 0.5) is 5.69 Å². The molecule has 3 N–H and O–H groups in total. The van der Waals surface area contributed by atoms with E-state index in [-0.39, 0.29) is 12.5 Å². The number of benzene rings is 2. The first kappa shape index (κ1) is 22.3. The van der Waals surface area contributed by atoms with E-state index in [0.717, 1.165) is 46.5 Å². The molecule has 0 radical (unpaired) electrons. The van der Waals surface area contributed by atoms with Crippen LogP contribution in [-0.2, 0) is 4.79 Å². The van der Waals surface area contributed by atoms with Crippen LogP contribution >= 0.6 is 0 Å². The maximum Gasteiger partial charge on any atom is 0.258 e. The van der Waals surface area contributed by atoms with E-state index >= 15 is 0 Å². The molecule has 8 heteroatoms. The van der Waals surface area contributed by atoms with Crippen molar-refractivity contribution in [2.24, 2.45) is 9.98 Å². The summed E-state index contributed by atoms with van der Waals surface area (Å²) < 4.78 is 5.69. The fourth-order valence-corrected chi connectivity index (χ4v) is 4.00. The highest BCUT2D eigenvalue weighted by Gasteiger charge is 2.18. The molecular formula is C27H26N6O2. The summed E-state index contributed by atoms with van der Waals surface area (Å²) >= 11 is 0. The van der Waals surface area contributed by atoms with Gasteiger partial charge in [-0.25, -0.2) is 9.98 Å². The number of carbonyl (C=O) groups is 1. The minimum atomic E-state index is -0.205. The molecule has 1 aromatic heterocycles. The van der Waals surface area contributed by atoms with Gasteiger partial charge in [0.05, 0.1) is 17.4 Å². The molecule has 0 spiro atoms. The Bertz CT molecular complexity index is 1400. The Hall–Kier alpha value is -4.46. The van der Waals surface area contributed by atoms with Crippen molar-refractivity contribution < 1.29 is 9.53 Å². The van der Waals surface area contributed by atoms with Gasteiger partial charge >= 0.3 is 0 Å². The lowest BCUT2D eigenvalue weighted by Gasteiger charge is -2.13. The molecular weight excluding hydrogens is 440 g/mol. The highest BCUT2D eigenvalue weighted by Crippen LogP contribution is 2.28. The fraction of sp³-hybridized carbons (Fsp3) is 0.185. The molecule has 35 heavy (non-hydrogen) atoms. The number of anilines is 1. The van der Waals surface area contributed by atoms with E-state index in [4.69, 9.17) is 14.7 Å². The van der Waals surface area contributed by atoms with Gasteiger partial charge in [0, 0.05) is 29.6 Å². The number of amidine groups is 2. The smallest absolute Gasteiger partial charge is 0.258 e. The van der Waals surface area contributed by atoms with Crippen LogP contribution in [0.1, 0.15) is 24.8 Å².